The van der Waals surface area contributed by atoms with Gasteiger partial charge in [0.2, 0.25) is 0 Å². The molecular weight excluding hydrogens is 288 g/mol. The van der Waals surface area contributed by atoms with Crippen molar-refractivity contribution < 1.29 is 39.6 Å². The molecule has 116 valence electrons. The largest absolute Gasteiger partial charge is 0.481 e. The summed E-state index contributed by atoms with van der Waals surface area (Å²) in [5.41, 5.74) is -0.711. The van der Waals surface area contributed by atoms with Crippen LogP contribution in [0.15, 0.2) is 4.99 Å². The molecule has 4 N–H and O–H groups in total. The van der Waals surface area contributed by atoms with Gasteiger partial charge in [0.25, 0.3) is 0 Å². The average Bonchev–Trinajstić information content (AvgIpc) is 2.34. The molecule has 0 radical (unpaired) electrons. The minimum absolute atomic E-state index is 0.130. The zero-order valence-corrected chi connectivity index (χ0v) is 11.0. The molecule has 0 spiro atoms. The van der Waals surface area contributed by atoms with E-state index in [0.717, 1.165) is 4.90 Å². The van der Waals surface area contributed by atoms with E-state index in [1.807, 2.05) is 0 Å². The Hall–Kier alpha value is -2.49. The first-order valence-electron chi connectivity index (χ1n) is 5.89. The molecule has 0 aromatic carbocycles. The van der Waals surface area contributed by atoms with E-state index in [1.165, 1.54) is 6.92 Å². The fourth-order valence-electron chi connectivity index (χ4n) is 2.21. The van der Waals surface area contributed by atoms with Gasteiger partial charge >= 0.3 is 23.9 Å². The summed E-state index contributed by atoms with van der Waals surface area (Å²) in [7, 11) is 0. The number of carboxylic acid groups (broad SMARTS) is 4. The first kappa shape index (κ1) is 16.6. The number of hydrogen-bond donors (Lipinski definition) is 4. The molecule has 3 unspecified atom stereocenters. The Morgan fingerprint density at radius 3 is 2.19 bits per heavy atom. The first-order chi connectivity index (χ1) is 9.66. The van der Waals surface area contributed by atoms with E-state index in [2.05, 4.69) is 4.99 Å². The number of carbonyl (C=O) groups is 4. The Morgan fingerprint density at radius 2 is 1.81 bits per heavy atom. The van der Waals surface area contributed by atoms with Gasteiger partial charge in [-0.05, 0) is 6.92 Å². The summed E-state index contributed by atoms with van der Waals surface area (Å²) in [5.74, 6) is -6.15. The molecule has 0 aromatic heterocycles. The molecule has 3 atom stereocenters. The van der Waals surface area contributed by atoms with Crippen molar-refractivity contribution in [2.24, 2.45) is 4.99 Å². The van der Waals surface area contributed by atoms with Crippen molar-refractivity contribution in [2.75, 3.05) is 6.54 Å². The van der Waals surface area contributed by atoms with Gasteiger partial charge in [-0.15, -0.1) is 0 Å². The molecule has 21 heavy (non-hydrogen) atoms. The Kier molecular flexibility index (Phi) is 4.97. The molecule has 0 saturated heterocycles. The number of aliphatic carboxylic acids is 4. The van der Waals surface area contributed by atoms with Crippen LogP contribution in [0.4, 0.5) is 0 Å². The molecule has 1 heterocycles. The van der Waals surface area contributed by atoms with Crippen LogP contribution in [-0.4, -0.2) is 79.6 Å². The zero-order valence-electron chi connectivity index (χ0n) is 11.0. The number of rotatable bonds is 6. The fraction of sp³-hybridized carbons (Fsp3) is 0.545. The molecule has 0 aromatic rings. The van der Waals surface area contributed by atoms with Crippen LogP contribution in [0.25, 0.3) is 0 Å². The molecule has 10 nitrogen and oxygen atoms in total. The van der Waals surface area contributed by atoms with E-state index < -0.39 is 54.1 Å². The van der Waals surface area contributed by atoms with Gasteiger partial charge < -0.3 is 20.4 Å². The minimum atomic E-state index is -1.81. The molecule has 0 aliphatic carbocycles. The van der Waals surface area contributed by atoms with Crippen LogP contribution < -0.4 is 0 Å². The highest BCUT2D eigenvalue weighted by Gasteiger charge is 2.46. The second kappa shape index (κ2) is 6.31. The van der Waals surface area contributed by atoms with Gasteiger partial charge in [0.05, 0.1) is 13.0 Å². The van der Waals surface area contributed by atoms with E-state index in [4.69, 9.17) is 15.3 Å². The van der Waals surface area contributed by atoms with Crippen molar-refractivity contribution in [2.45, 2.75) is 31.5 Å². The van der Waals surface area contributed by atoms with E-state index >= 15 is 0 Å². The second-order valence-electron chi connectivity index (χ2n) is 4.52. The maximum absolute atomic E-state index is 11.3. The van der Waals surface area contributed by atoms with Crippen molar-refractivity contribution in [1.29, 1.82) is 0 Å². The van der Waals surface area contributed by atoms with Crippen LogP contribution in [0.5, 0.6) is 0 Å². The maximum atomic E-state index is 11.3. The van der Waals surface area contributed by atoms with Crippen molar-refractivity contribution in [1.82, 2.24) is 4.90 Å². The highest BCUT2D eigenvalue weighted by Crippen LogP contribution is 2.21. The SMILES string of the molecule is CC1CN=C(C(=O)O)C(C(=O)O)N1C(CC(=O)O)C(=O)O. The zero-order chi connectivity index (χ0) is 16.3. The summed E-state index contributed by atoms with van der Waals surface area (Å²) in [6, 6.07) is -4.20. The predicted octanol–water partition coefficient (Wildman–Crippen LogP) is -1.40. The molecule has 0 fully saturated rings. The van der Waals surface area contributed by atoms with Crippen molar-refractivity contribution >= 4 is 29.6 Å². The lowest BCUT2D eigenvalue weighted by atomic mass is 9.99. The number of nitrogens with zero attached hydrogens (tertiary/aromatic N) is 2. The lowest BCUT2D eigenvalue weighted by Gasteiger charge is -2.39. The van der Waals surface area contributed by atoms with Gasteiger partial charge in [-0.1, -0.05) is 0 Å². The van der Waals surface area contributed by atoms with Crippen molar-refractivity contribution in [3.63, 3.8) is 0 Å². The van der Waals surface area contributed by atoms with Crippen LogP contribution in [0.2, 0.25) is 0 Å². The quantitative estimate of drug-likeness (QED) is 0.461. The standard InChI is InChI=1S/C11H14N2O8/c1-4-3-12-7(10(18)19)8(11(20)21)13(4)5(9(16)17)2-6(14)15/h4-5,8H,2-3H2,1H3,(H,14,15)(H,16,17)(H,18,19)(H,20,21). The Bertz CT molecular complexity index is 514. The van der Waals surface area contributed by atoms with Crippen LogP contribution in [-0.2, 0) is 19.2 Å². The van der Waals surface area contributed by atoms with E-state index in [-0.39, 0.29) is 6.54 Å². The maximum Gasteiger partial charge on any atom is 0.352 e. The summed E-state index contributed by atoms with van der Waals surface area (Å²) in [6.07, 6.45) is -0.851. The highest BCUT2D eigenvalue weighted by molar-refractivity contribution is 6.41. The third-order valence-electron chi connectivity index (χ3n) is 3.06. The molecule has 0 saturated carbocycles. The fourth-order valence-corrected chi connectivity index (χ4v) is 2.21. The van der Waals surface area contributed by atoms with E-state index in [1.54, 1.807) is 0 Å². The van der Waals surface area contributed by atoms with Gasteiger partial charge in [-0.2, -0.15) is 0 Å². The van der Waals surface area contributed by atoms with Crippen LogP contribution >= 0.6 is 0 Å². The number of carboxylic acids is 4. The predicted molar refractivity (Wildman–Crippen MR) is 66.3 cm³/mol. The summed E-state index contributed by atoms with van der Waals surface area (Å²) < 4.78 is 0. The van der Waals surface area contributed by atoms with Gasteiger partial charge in [0.1, 0.15) is 11.8 Å². The Balaban J connectivity index is 3.30. The lowest BCUT2D eigenvalue weighted by molar-refractivity contribution is -0.155. The Morgan fingerprint density at radius 1 is 1.24 bits per heavy atom. The molecule has 1 aliphatic heterocycles. The summed E-state index contributed by atoms with van der Waals surface area (Å²) in [5, 5.41) is 36.1. The van der Waals surface area contributed by atoms with Gasteiger partial charge in [-0.25, -0.2) is 4.79 Å². The summed E-state index contributed by atoms with van der Waals surface area (Å²) in [4.78, 5) is 48.9. The average molecular weight is 302 g/mol. The molecular formula is C11H14N2O8. The molecule has 0 bridgehead atoms. The molecule has 1 rings (SSSR count). The van der Waals surface area contributed by atoms with Crippen LogP contribution in [0.3, 0.4) is 0 Å². The van der Waals surface area contributed by atoms with Crippen molar-refractivity contribution in [3.05, 3.63) is 0 Å². The van der Waals surface area contributed by atoms with Crippen LogP contribution in [0.1, 0.15) is 13.3 Å². The van der Waals surface area contributed by atoms with Gasteiger partial charge in [0.15, 0.2) is 6.04 Å². The second-order valence-corrected chi connectivity index (χ2v) is 4.52. The molecule has 0 amide bonds. The van der Waals surface area contributed by atoms with Gasteiger partial charge in [-0.3, -0.25) is 24.3 Å². The number of aliphatic imine (C=N–C) groups is 1. The first-order valence-corrected chi connectivity index (χ1v) is 5.89. The highest BCUT2D eigenvalue weighted by atomic mass is 16.4. The molecule has 10 heteroatoms. The van der Waals surface area contributed by atoms with Crippen LogP contribution in [0, 0.1) is 0 Å². The number of hydrogen-bond acceptors (Lipinski definition) is 6. The summed E-state index contributed by atoms with van der Waals surface area (Å²) >= 11 is 0. The minimum Gasteiger partial charge on any atom is -0.481 e. The van der Waals surface area contributed by atoms with Crippen molar-refractivity contribution in [3.8, 4) is 0 Å². The topological polar surface area (TPSA) is 165 Å². The van der Waals surface area contributed by atoms with E-state index in [9.17, 15) is 24.3 Å². The van der Waals surface area contributed by atoms with E-state index in [0.29, 0.717) is 0 Å². The lowest BCUT2D eigenvalue weighted by Crippen LogP contribution is -2.62. The normalized spacial score (nSPS) is 24.0. The third-order valence-corrected chi connectivity index (χ3v) is 3.06. The third kappa shape index (κ3) is 3.54. The Labute approximate surface area is 118 Å². The van der Waals surface area contributed by atoms with Gasteiger partial charge in [0, 0.05) is 6.04 Å². The summed E-state index contributed by atoms with van der Waals surface area (Å²) in [6.45, 7) is 1.32. The monoisotopic (exact) mass is 302 g/mol. The molecule has 1 aliphatic rings. The smallest absolute Gasteiger partial charge is 0.352 e.